The van der Waals surface area contributed by atoms with Gasteiger partial charge in [-0.2, -0.15) is 10.4 Å². The number of hydrogen-bond donors (Lipinski definition) is 0. The maximum absolute atomic E-state index is 8.54. The summed E-state index contributed by atoms with van der Waals surface area (Å²) in [4.78, 5) is 2.48. The fraction of sp³-hybridized carbons (Fsp3) is 0.667. The molecule has 0 amide bonds. The Morgan fingerprint density at radius 3 is 3.19 bits per heavy atom. The van der Waals surface area contributed by atoms with Crippen molar-refractivity contribution in [3.05, 3.63) is 18.0 Å². The van der Waals surface area contributed by atoms with Gasteiger partial charge in [-0.25, -0.2) is 0 Å². The highest BCUT2D eigenvalue weighted by atomic mass is 15.3. The van der Waals surface area contributed by atoms with Crippen LogP contribution in [0.25, 0.3) is 0 Å². The predicted octanol–water partition coefficient (Wildman–Crippen LogP) is 1.86. The van der Waals surface area contributed by atoms with Gasteiger partial charge >= 0.3 is 0 Å². The second-order valence-electron chi connectivity index (χ2n) is 4.40. The number of aryl methyl sites for hydroxylation is 1. The maximum atomic E-state index is 8.54. The molecule has 1 aliphatic rings. The van der Waals surface area contributed by atoms with Gasteiger partial charge in [-0.15, -0.1) is 0 Å². The Labute approximate surface area is 96.5 Å². The smallest absolute Gasteiger partial charge is 0.0622 e. The van der Waals surface area contributed by atoms with Gasteiger partial charge < -0.3 is 0 Å². The average molecular weight is 218 g/mol. The summed E-state index contributed by atoms with van der Waals surface area (Å²) in [6.45, 7) is 2.19. The first kappa shape index (κ1) is 11.2. The molecule has 0 aliphatic carbocycles. The van der Waals surface area contributed by atoms with Crippen LogP contribution in [0.1, 0.15) is 37.3 Å². The minimum absolute atomic E-state index is 0.521. The van der Waals surface area contributed by atoms with Gasteiger partial charge in [-0.3, -0.25) is 9.58 Å². The van der Waals surface area contributed by atoms with Crippen molar-refractivity contribution >= 4 is 0 Å². The number of likely N-dealkylation sites (tertiary alicyclic amines) is 1. The number of unbranched alkanes of at least 4 members (excludes halogenated alkanes) is 1. The molecule has 1 aromatic heterocycles. The molecule has 1 aliphatic heterocycles. The summed E-state index contributed by atoms with van der Waals surface area (Å²) in [6, 6.07) is 2.73. The average Bonchev–Trinajstić information content (AvgIpc) is 2.87. The first-order chi connectivity index (χ1) is 7.81. The van der Waals surface area contributed by atoms with Crippen molar-refractivity contribution in [1.82, 2.24) is 14.7 Å². The summed E-state index contributed by atoms with van der Waals surface area (Å²) in [5, 5.41) is 12.8. The summed E-state index contributed by atoms with van der Waals surface area (Å²) in [5.41, 5.74) is 1.32. The minimum atomic E-state index is 0.521. The van der Waals surface area contributed by atoms with Gasteiger partial charge in [-0.1, -0.05) is 0 Å². The fourth-order valence-electron chi connectivity index (χ4n) is 2.44. The normalized spacial score (nSPS) is 21.1. The SMILES string of the molecule is Cn1cc([C@H]2CCCN2CCCC#N)cn1. The van der Waals surface area contributed by atoms with Crippen LogP contribution in [0.4, 0.5) is 0 Å². The lowest BCUT2D eigenvalue weighted by Gasteiger charge is -2.22. The van der Waals surface area contributed by atoms with Gasteiger partial charge in [0.2, 0.25) is 0 Å². The molecule has 0 saturated carbocycles. The van der Waals surface area contributed by atoms with E-state index in [2.05, 4.69) is 22.3 Å². The largest absolute Gasteiger partial charge is 0.296 e. The first-order valence-corrected chi connectivity index (χ1v) is 5.91. The molecule has 4 heteroatoms. The van der Waals surface area contributed by atoms with Gasteiger partial charge in [0.05, 0.1) is 12.3 Å². The van der Waals surface area contributed by atoms with Crippen LogP contribution in [0, 0.1) is 11.3 Å². The molecular weight excluding hydrogens is 200 g/mol. The van der Waals surface area contributed by atoms with Gasteiger partial charge in [0.15, 0.2) is 0 Å². The lowest BCUT2D eigenvalue weighted by molar-refractivity contribution is 0.255. The molecule has 4 nitrogen and oxygen atoms in total. The third-order valence-electron chi connectivity index (χ3n) is 3.21. The van der Waals surface area contributed by atoms with Crippen LogP contribution >= 0.6 is 0 Å². The molecule has 16 heavy (non-hydrogen) atoms. The summed E-state index contributed by atoms with van der Waals surface area (Å²) in [7, 11) is 1.96. The van der Waals surface area contributed by atoms with Crippen LogP contribution in [0.2, 0.25) is 0 Å². The van der Waals surface area contributed by atoms with Crippen LogP contribution in [-0.2, 0) is 7.05 Å². The van der Waals surface area contributed by atoms with E-state index in [-0.39, 0.29) is 0 Å². The zero-order chi connectivity index (χ0) is 11.4. The van der Waals surface area contributed by atoms with E-state index in [1.807, 2.05) is 17.9 Å². The molecule has 0 aromatic carbocycles. The summed E-state index contributed by atoms with van der Waals surface area (Å²) in [5.74, 6) is 0. The molecule has 0 radical (unpaired) electrons. The number of hydrogen-bond acceptors (Lipinski definition) is 3. The quantitative estimate of drug-likeness (QED) is 0.725. The van der Waals surface area contributed by atoms with Crippen molar-refractivity contribution < 1.29 is 0 Å². The number of aromatic nitrogens is 2. The molecule has 1 saturated heterocycles. The Morgan fingerprint density at radius 2 is 2.50 bits per heavy atom. The summed E-state index contributed by atoms with van der Waals surface area (Å²) < 4.78 is 1.86. The molecule has 1 fully saturated rings. The van der Waals surface area contributed by atoms with E-state index in [0.717, 1.165) is 19.5 Å². The maximum Gasteiger partial charge on any atom is 0.0622 e. The fourth-order valence-corrected chi connectivity index (χ4v) is 2.44. The second-order valence-corrected chi connectivity index (χ2v) is 4.40. The van der Waals surface area contributed by atoms with Crippen molar-refractivity contribution in [1.29, 1.82) is 5.26 Å². The van der Waals surface area contributed by atoms with Gasteiger partial charge in [0, 0.05) is 31.3 Å². The van der Waals surface area contributed by atoms with E-state index in [9.17, 15) is 0 Å². The molecule has 2 heterocycles. The summed E-state index contributed by atoms with van der Waals surface area (Å²) >= 11 is 0. The van der Waals surface area contributed by atoms with E-state index in [4.69, 9.17) is 5.26 Å². The van der Waals surface area contributed by atoms with E-state index in [0.29, 0.717) is 12.5 Å². The van der Waals surface area contributed by atoms with Crippen LogP contribution in [-0.4, -0.2) is 27.8 Å². The lowest BCUT2D eigenvalue weighted by Crippen LogP contribution is -2.24. The molecule has 1 aromatic rings. The zero-order valence-electron chi connectivity index (χ0n) is 9.76. The van der Waals surface area contributed by atoms with Crippen LogP contribution < -0.4 is 0 Å². The highest BCUT2D eigenvalue weighted by molar-refractivity contribution is 5.12. The predicted molar refractivity (Wildman–Crippen MR) is 61.6 cm³/mol. The second kappa shape index (κ2) is 5.13. The molecule has 86 valence electrons. The molecule has 0 unspecified atom stereocenters. The third-order valence-corrected chi connectivity index (χ3v) is 3.21. The van der Waals surface area contributed by atoms with Crippen molar-refractivity contribution in [2.24, 2.45) is 7.05 Å². The van der Waals surface area contributed by atoms with E-state index in [1.54, 1.807) is 0 Å². The number of nitrogens with zero attached hydrogens (tertiary/aromatic N) is 4. The third kappa shape index (κ3) is 2.42. The zero-order valence-corrected chi connectivity index (χ0v) is 9.76. The molecule has 1 atom stereocenters. The highest BCUT2D eigenvalue weighted by Crippen LogP contribution is 2.31. The first-order valence-electron chi connectivity index (χ1n) is 5.91. The molecular formula is C12H18N4. The van der Waals surface area contributed by atoms with Crippen molar-refractivity contribution in [2.45, 2.75) is 31.7 Å². The van der Waals surface area contributed by atoms with E-state index < -0.39 is 0 Å². The topological polar surface area (TPSA) is 44.9 Å². The van der Waals surface area contributed by atoms with Crippen LogP contribution in [0.15, 0.2) is 12.4 Å². The van der Waals surface area contributed by atoms with E-state index >= 15 is 0 Å². The highest BCUT2D eigenvalue weighted by Gasteiger charge is 2.26. The minimum Gasteiger partial charge on any atom is -0.296 e. The van der Waals surface area contributed by atoms with Crippen molar-refractivity contribution in [3.63, 3.8) is 0 Å². The Morgan fingerprint density at radius 1 is 1.62 bits per heavy atom. The van der Waals surface area contributed by atoms with Gasteiger partial charge in [0.25, 0.3) is 0 Å². The summed E-state index contributed by atoms with van der Waals surface area (Å²) in [6.07, 6.45) is 8.19. The van der Waals surface area contributed by atoms with E-state index in [1.165, 1.54) is 18.4 Å². The van der Waals surface area contributed by atoms with Crippen molar-refractivity contribution in [3.8, 4) is 6.07 Å². The molecule has 0 N–H and O–H groups in total. The molecule has 0 bridgehead atoms. The monoisotopic (exact) mass is 218 g/mol. The number of nitriles is 1. The van der Waals surface area contributed by atoms with Crippen LogP contribution in [0.5, 0.6) is 0 Å². The Hall–Kier alpha value is -1.34. The standard InChI is InChI=1S/C12H18N4/c1-15-10-11(9-14-15)12-5-4-8-16(12)7-3-2-6-13/h9-10,12H,2-5,7-8H2,1H3/t12-/m1/s1. The molecule has 0 spiro atoms. The van der Waals surface area contributed by atoms with Gasteiger partial charge in [-0.05, 0) is 32.4 Å². The molecule has 2 rings (SSSR count). The lowest BCUT2D eigenvalue weighted by atomic mass is 10.1. The Balaban J connectivity index is 1.96. The van der Waals surface area contributed by atoms with Crippen molar-refractivity contribution in [2.75, 3.05) is 13.1 Å². The Bertz CT molecular complexity index is 377. The van der Waals surface area contributed by atoms with Gasteiger partial charge in [0.1, 0.15) is 0 Å². The van der Waals surface area contributed by atoms with Crippen LogP contribution in [0.3, 0.4) is 0 Å². The Kier molecular flexibility index (Phi) is 3.58. The number of rotatable bonds is 4.